The third kappa shape index (κ3) is 6.51. The number of ether oxygens (including phenoxy) is 4. The van der Waals surface area contributed by atoms with Gasteiger partial charge in [0.2, 0.25) is 17.5 Å². The maximum Gasteiger partial charge on any atom is 0.429 e. The summed E-state index contributed by atoms with van der Waals surface area (Å²) in [5, 5.41) is 0. The number of halogens is 8. The second-order valence-electron chi connectivity index (χ2n) is 8.41. The lowest BCUT2D eigenvalue weighted by Gasteiger charge is -2.28. The van der Waals surface area contributed by atoms with Gasteiger partial charge in [0.1, 0.15) is 5.56 Å². The molecule has 2 aromatic rings. The topological polar surface area (TPSA) is 36.9 Å². The minimum Gasteiger partial charge on any atom is -0.491 e. The van der Waals surface area contributed by atoms with Gasteiger partial charge in [-0.2, -0.15) is 30.7 Å². The number of hydrogen-bond donors (Lipinski definition) is 0. The van der Waals surface area contributed by atoms with E-state index in [-0.39, 0.29) is 12.7 Å². The van der Waals surface area contributed by atoms with Crippen LogP contribution in [0.3, 0.4) is 0 Å². The molecule has 1 fully saturated rings. The van der Waals surface area contributed by atoms with Crippen LogP contribution in [0.5, 0.6) is 17.2 Å². The van der Waals surface area contributed by atoms with Crippen molar-refractivity contribution in [3.63, 3.8) is 0 Å². The Kier molecular flexibility index (Phi) is 8.58. The quantitative estimate of drug-likeness (QED) is 0.303. The van der Waals surface area contributed by atoms with E-state index in [0.29, 0.717) is 30.9 Å². The zero-order valence-corrected chi connectivity index (χ0v) is 19.4. The van der Waals surface area contributed by atoms with Crippen molar-refractivity contribution in [1.82, 2.24) is 0 Å². The first kappa shape index (κ1) is 27.8. The summed E-state index contributed by atoms with van der Waals surface area (Å²) in [6.07, 6.45) is -6.54. The molecule has 4 nitrogen and oxygen atoms in total. The molecule has 3 rings (SSSR count). The van der Waals surface area contributed by atoms with Crippen molar-refractivity contribution in [2.24, 2.45) is 5.92 Å². The van der Waals surface area contributed by atoms with Crippen LogP contribution in [-0.2, 0) is 10.8 Å². The van der Waals surface area contributed by atoms with E-state index in [1.165, 1.54) is 6.92 Å². The third-order valence-electron chi connectivity index (χ3n) is 5.62. The van der Waals surface area contributed by atoms with Gasteiger partial charge in [0.05, 0.1) is 12.7 Å². The first-order chi connectivity index (χ1) is 16.8. The summed E-state index contributed by atoms with van der Waals surface area (Å²) in [7, 11) is 0. The SMILES string of the molecule is CCOc1ccc(OC(F)(F)c2ccc(OC(F)(F)COC3CCC(C)CC3)c(F)c2F)c(F)c1F. The largest absolute Gasteiger partial charge is 0.491 e. The molecular formula is C24H24F8O4. The minimum atomic E-state index is -4.71. The Bertz CT molecular complexity index is 1050. The van der Waals surface area contributed by atoms with E-state index in [9.17, 15) is 35.1 Å². The van der Waals surface area contributed by atoms with E-state index >= 15 is 0 Å². The van der Waals surface area contributed by atoms with Gasteiger partial charge in [-0.05, 0) is 62.8 Å². The molecule has 36 heavy (non-hydrogen) atoms. The average Bonchev–Trinajstić information content (AvgIpc) is 2.81. The summed E-state index contributed by atoms with van der Waals surface area (Å²) in [5.41, 5.74) is -1.75. The molecule has 1 aliphatic carbocycles. The molecule has 0 aromatic heterocycles. The molecule has 0 aliphatic heterocycles. The molecule has 12 heteroatoms. The molecule has 2 aromatic carbocycles. The van der Waals surface area contributed by atoms with Crippen LogP contribution >= 0.6 is 0 Å². The van der Waals surface area contributed by atoms with Gasteiger partial charge in [0.25, 0.3) is 0 Å². The van der Waals surface area contributed by atoms with Gasteiger partial charge in [-0.15, -0.1) is 0 Å². The molecule has 0 saturated heterocycles. The van der Waals surface area contributed by atoms with Gasteiger partial charge < -0.3 is 18.9 Å². The lowest BCUT2D eigenvalue weighted by atomic mass is 9.89. The highest BCUT2D eigenvalue weighted by Crippen LogP contribution is 2.39. The number of alkyl halides is 4. The molecule has 0 bridgehead atoms. The van der Waals surface area contributed by atoms with Crippen molar-refractivity contribution in [2.75, 3.05) is 13.2 Å². The van der Waals surface area contributed by atoms with Crippen LogP contribution in [0, 0.1) is 29.2 Å². The second kappa shape index (κ2) is 11.1. The molecule has 0 N–H and O–H groups in total. The van der Waals surface area contributed by atoms with Crippen molar-refractivity contribution < 1.29 is 54.1 Å². The lowest BCUT2D eigenvalue weighted by molar-refractivity contribution is -0.223. The molecule has 0 unspecified atom stereocenters. The van der Waals surface area contributed by atoms with Crippen molar-refractivity contribution in [3.8, 4) is 17.2 Å². The predicted octanol–water partition coefficient (Wildman–Crippen LogP) is 7.34. The Morgan fingerprint density at radius 3 is 1.92 bits per heavy atom. The molecule has 0 atom stereocenters. The summed E-state index contributed by atoms with van der Waals surface area (Å²) < 4.78 is 132. The second-order valence-corrected chi connectivity index (χ2v) is 8.41. The summed E-state index contributed by atoms with van der Waals surface area (Å²) >= 11 is 0. The Morgan fingerprint density at radius 1 is 0.750 bits per heavy atom. The standard InChI is InChI=1S/C24H24F8O4/c1-3-33-16-10-11-18(22(28)20(16)26)36-24(31,32)15-8-9-17(21(27)19(15)25)35-23(29,30)12-34-14-6-4-13(2)5-7-14/h8-11,13-14H,3-7,12H2,1-2H3. The molecule has 0 spiro atoms. The minimum absolute atomic E-state index is 0.0450. The molecular weight excluding hydrogens is 504 g/mol. The van der Waals surface area contributed by atoms with Crippen LogP contribution in [0.15, 0.2) is 24.3 Å². The zero-order chi connectivity index (χ0) is 26.7. The van der Waals surface area contributed by atoms with Crippen LogP contribution in [0.2, 0.25) is 0 Å². The average molecular weight is 528 g/mol. The fourth-order valence-electron chi connectivity index (χ4n) is 3.69. The highest BCUT2D eigenvalue weighted by Gasteiger charge is 2.42. The van der Waals surface area contributed by atoms with Crippen LogP contribution in [0.4, 0.5) is 35.1 Å². The van der Waals surface area contributed by atoms with Gasteiger partial charge in [-0.1, -0.05) is 6.92 Å². The van der Waals surface area contributed by atoms with Gasteiger partial charge in [0, 0.05) is 0 Å². The molecule has 0 amide bonds. The summed E-state index contributed by atoms with van der Waals surface area (Å²) in [6, 6.07) is 1.99. The highest BCUT2D eigenvalue weighted by atomic mass is 19.3. The maximum atomic E-state index is 14.5. The number of benzene rings is 2. The van der Waals surface area contributed by atoms with Crippen LogP contribution in [-0.4, -0.2) is 25.4 Å². The first-order valence-electron chi connectivity index (χ1n) is 11.2. The molecule has 1 saturated carbocycles. The van der Waals surface area contributed by atoms with Gasteiger partial charge in [-0.25, -0.2) is 4.39 Å². The van der Waals surface area contributed by atoms with Crippen molar-refractivity contribution in [1.29, 1.82) is 0 Å². The van der Waals surface area contributed by atoms with Crippen LogP contribution < -0.4 is 14.2 Å². The fraction of sp³-hybridized carbons (Fsp3) is 0.500. The molecule has 0 heterocycles. The highest BCUT2D eigenvalue weighted by molar-refractivity contribution is 5.37. The van der Waals surface area contributed by atoms with E-state index in [1.54, 1.807) is 0 Å². The summed E-state index contributed by atoms with van der Waals surface area (Å²) in [6.45, 7) is 2.20. The van der Waals surface area contributed by atoms with E-state index < -0.39 is 71.0 Å². The fourth-order valence-corrected chi connectivity index (χ4v) is 3.69. The summed E-state index contributed by atoms with van der Waals surface area (Å²) in [4.78, 5) is 0. The van der Waals surface area contributed by atoms with E-state index in [4.69, 9.17) is 9.47 Å². The maximum absolute atomic E-state index is 14.5. The third-order valence-corrected chi connectivity index (χ3v) is 5.62. The first-order valence-corrected chi connectivity index (χ1v) is 11.2. The van der Waals surface area contributed by atoms with Crippen LogP contribution in [0.25, 0.3) is 0 Å². The zero-order valence-electron chi connectivity index (χ0n) is 19.4. The Hall–Kier alpha value is -2.76. The van der Waals surface area contributed by atoms with E-state index in [2.05, 4.69) is 9.47 Å². The van der Waals surface area contributed by atoms with Crippen LogP contribution in [0.1, 0.15) is 45.1 Å². The lowest BCUT2D eigenvalue weighted by Crippen LogP contribution is -2.34. The normalized spacial score (nSPS) is 18.7. The van der Waals surface area contributed by atoms with Gasteiger partial charge >= 0.3 is 12.2 Å². The van der Waals surface area contributed by atoms with Gasteiger partial charge in [-0.3, -0.25) is 0 Å². The summed E-state index contributed by atoms with van der Waals surface area (Å²) in [5.74, 6) is -10.7. The smallest absolute Gasteiger partial charge is 0.429 e. The van der Waals surface area contributed by atoms with E-state index in [0.717, 1.165) is 18.9 Å². The van der Waals surface area contributed by atoms with Crippen molar-refractivity contribution in [2.45, 2.75) is 57.9 Å². The molecule has 200 valence electrons. The monoisotopic (exact) mass is 528 g/mol. The van der Waals surface area contributed by atoms with E-state index in [1.807, 2.05) is 6.92 Å². The number of rotatable bonds is 10. The Morgan fingerprint density at radius 2 is 1.28 bits per heavy atom. The van der Waals surface area contributed by atoms with Gasteiger partial charge in [0.15, 0.2) is 29.7 Å². The Balaban J connectivity index is 1.73. The number of hydrogen-bond acceptors (Lipinski definition) is 4. The Labute approximate surface area is 202 Å². The predicted molar refractivity (Wildman–Crippen MR) is 111 cm³/mol. The van der Waals surface area contributed by atoms with Crippen molar-refractivity contribution >= 4 is 0 Å². The molecule has 1 aliphatic rings. The van der Waals surface area contributed by atoms with Crippen molar-refractivity contribution in [3.05, 3.63) is 53.1 Å². The molecule has 0 radical (unpaired) electrons.